The van der Waals surface area contributed by atoms with Gasteiger partial charge in [0.2, 0.25) is 0 Å². The van der Waals surface area contributed by atoms with Crippen molar-refractivity contribution in [2.24, 2.45) is 0 Å². The molecule has 3 rings (SSSR count). The van der Waals surface area contributed by atoms with E-state index in [1.54, 1.807) is 30.3 Å². The van der Waals surface area contributed by atoms with Gasteiger partial charge in [-0.2, -0.15) is 0 Å². The summed E-state index contributed by atoms with van der Waals surface area (Å²) in [6.07, 6.45) is 1.03. The molecule has 5 heteroatoms. The summed E-state index contributed by atoms with van der Waals surface area (Å²) in [5, 5.41) is 0. The zero-order valence-corrected chi connectivity index (χ0v) is 12.8. The van der Waals surface area contributed by atoms with Crippen molar-refractivity contribution in [3.8, 4) is 5.75 Å². The second-order valence-corrected chi connectivity index (χ2v) is 5.21. The van der Waals surface area contributed by atoms with Crippen molar-refractivity contribution in [1.82, 2.24) is 4.57 Å². The van der Waals surface area contributed by atoms with E-state index in [1.807, 2.05) is 18.2 Å². The number of nitrogens with zero attached hydrogens (tertiary/aromatic N) is 1. The molecule has 0 fully saturated rings. The summed E-state index contributed by atoms with van der Waals surface area (Å²) in [5.74, 6) is -0.339. The van der Waals surface area contributed by atoms with Crippen LogP contribution in [0.5, 0.6) is 5.75 Å². The SMILES string of the molecule is CCc1ccc(OC(=O)CCn2c(=O)oc3ccccc32)cc1. The standard InChI is InChI=1S/C18H17NO4/c1-2-13-7-9-14(10-8-13)22-17(20)11-12-19-15-5-3-4-6-16(15)23-18(19)21/h3-10H,2,11-12H2,1H3. The summed E-state index contributed by atoms with van der Waals surface area (Å²) in [5.41, 5.74) is 2.37. The van der Waals surface area contributed by atoms with Crippen LogP contribution in [0.2, 0.25) is 0 Å². The highest BCUT2D eigenvalue weighted by Gasteiger charge is 2.11. The number of aromatic nitrogens is 1. The minimum Gasteiger partial charge on any atom is -0.426 e. The molecule has 0 aliphatic carbocycles. The van der Waals surface area contributed by atoms with Crippen LogP contribution >= 0.6 is 0 Å². The molecule has 0 N–H and O–H groups in total. The number of aryl methyl sites for hydroxylation is 2. The highest BCUT2D eigenvalue weighted by molar-refractivity contribution is 5.74. The van der Waals surface area contributed by atoms with Crippen molar-refractivity contribution in [2.75, 3.05) is 0 Å². The van der Waals surface area contributed by atoms with Gasteiger partial charge in [0, 0.05) is 6.54 Å². The second-order valence-electron chi connectivity index (χ2n) is 5.21. The summed E-state index contributed by atoms with van der Waals surface area (Å²) in [6.45, 7) is 2.29. The third-order valence-electron chi connectivity index (χ3n) is 3.68. The number of rotatable bonds is 5. The number of ether oxygens (including phenoxy) is 1. The molecule has 0 unspecified atom stereocenters. The van der Waals surface area contributed by atoms with Crippen LogP contribution in [-0.4, -0.2) is 10.5 Å². The van der Waals surface area contributed by atoms with E-state index in [0.717, 1.165) is 6.42 Å². The third kappa shape index (κ3) is 3.34. The minimum atomic E-state index is -0.466. The normalized spacial score (nSPS) is 10.8. The molecule has 5 nitrogen and oxygen atoms in total. The molecular weight excluding hydrogens is 294 g/mol. The van der Waals surface area contributed by atoms with Gasteiger partial charge < -0.3 is 9.15 Å². The topological polar surface area (TPSA) is 61.4 Å². The number of benzene rings is 2. The van der Waals surface area contributed by atoms with Gasteiger partial charge in [0.05, 0.1) is 11.9 Å². The van der Waals surface area contributed by atoms with Crippen molar-refractivity contribution in [3.63, 3.8) is 0 Å². The van der Waals surface area contributed by atoms with Crippen LogP contribution in [0.1, 0.15) is 18.9 Å². The average Bonchev–Trinajstić information content (AvgIpc) is 2.89. The Labute approximate surface area is 133 Å². The zero-order chi connectivity index (χ0) is 16.2. The van der Waals surface area contributed by atoms with Gasteiger partial charge in [-0.15, -0.1) is 0 Å². The highest BCUT2D eigenvalue weighted by Crippen LogP contribution is 2.15. The van der Waals surface area contributed by atoms with Gasteiger partial charge >= 0.3 is 11.7 Å². The van der Waals surface area contributed by atoms with Crippen molar-refractivity contribution < 1.29 is 13.9 Å². The molecule has 0 saturated carbocycles. The number of hydrogen-bond acceptors (Lipinski definition) is 4. The molecule has 1 heterocycles. The summed E-state index contributed by atoms with van der Waals surface area (Å²) in [7, 11) is 0. The maximum atomic E-state index is 11.9. The van der Waals surface area contributed by atoms with E-state index in [-0.39, 0.29) is 18.9 Å². The maximum absolute atomic E-state index is 11.9. The fraction of sp³-hybridized carbons (Fsp3) is 0.222. The Hall–Kier alpha value is -2.82. The van der Waals surface area contributed by atoms with Gasteiger partial charge in [-0.3, -0.25) is 9.36 Å². The van der Waals surface area contributed by atoms with Gasteiger partial charge in [-0.25, -0.2) is 4.79 Å². The second kappa shape index (κ2) is 6.52. The highest BCUT2D eigenvalue weighted by atomic mass is 16.5. The first kappa shape index (κ1) is 15.1. The molecule has 1 aromatic heterocycles. The number of fused-ring (bicyclic) bond motifs is 1. The van der Waals surface area contributed by atoms with Crippen LogP contribution in [0, 0.1) is 0 Å². The lowest BCUT2D eigenvalue weighted by molar-refractivity contribution is -0.134. The first-order valence-corrected chi connectivity index (χ1v) is 7.55. The van der Waals surface area contributed by atoms with Crippen LogP contribution in [0.4, 0.5) is 0 Å². The first-order chi connectivity index (χ1) is 11.2. The van der Waals surface area contributed by atoms with E-state index < -0.39 is 5.76 Å². The van der Waals surface area contributed by atoms with E-state index in [1.165, 1.54) is 10.1 Å². The minimum absolute atomic E-state index is 0.0962. The van der Waals surface area contributed by atoms with Gasteiger partial charge in [-0.1, -0.05) is 31.2 Å². The van der Waals surface area contributed by atoms with Crippen LogP contribution in [-0.2, 0) is 17.8 Å². The number of para-hydroxylation sites is 2. The van der Waals surface area contributed by atoms with Crippen molar-refractivity contribution in [2.45, 2.75) is 26.3 Å². The Balaban J connectivity index is 1.66. The van der Waals surface area contributed by atoms with Crippen molar-refractivity contribution in [3.05, 3.63) is 64.6 Å². The predicted molar refractivity (Wildman–Crippen MR) is 86.5 cm³/mol. The molecule has 0 saturated heterocycles. The van der Waals surface area contributed by atoms with Crippen LogP contribution in [0.15, 0.2) is 57.7 Å². The lowest BCUT2D eigenvalue weighted by atomic mass is 10.2. The molecule has 0 spiro atoms. The fourth-order valence-electron chi connectivity index (χ4n) is 2.40. The summed E-state index contributed by atoms with van der Waals surface area (Å²) < 4.78 is 11.9. The van der Waals surface area contributed by atoms with E-state index in [0.29, 0.717) is 16.8 Å². The quantitative estimate of drug-likeness (QED) is 0.536. The monoisotopic (exact) mass is 311 g/mol. The van der Waals surface area contributed by atoms with E-state index in [4.69, 9.17) is 9.15 Å². The summed E-state index contributed by atoms with van der Waals surface area (Å²) >= 11 is 0. The van der Waals surface area contributed by atoms with Crippen molar-refractivity contribution >= 4 is 17.1 Å². The molecule has 2 aromatic carbocycles. The van der Waals surface area contributed by atoms with Crippen LogP contribution < -0.4 is 10.5 Å². The number of hydrogen-bond donors (Lipinski definition) is 0. The molecule has 0 atom stereocenters. The molecule has 23 heavy (non-hydrogen) atoms. The Morgan fingerprint density at radius 2 is 1.87 bits per heavy atom. The number of oxazole rings is 1. The molecule has 0 aliphatic rings. The smallest absolute Gasteiger partial charge is 0.419 e. The Morgan fingerprint density at radius 1 is 1.13 bits per heavy atom. The lowest BCUT2D eigenvalue weighted by Gasteiger charge is -2.05. The number of carbonyl (C=O) groups excluding carboxylic acids is 1. The Kier molecular flexibility index (Phi) is 4.28. The van der Waals surface area contributed by atoms with Crippen LogP contribution in [0.25, 0.3) is 11.1 Å². The van der Waals surface area contributed by atoms with Gasteiger partial charge in [0.15, 0.2) is 5.58 Å². The van der Waals surface area contributed by atoms with E-state index in [2.05, 4.69) is 6.92 Å². The first-order valence-electron chi connectivity index (χ1n) is 7.55. The largest absolute Gasteiger partial charge is 0.426 e. The summed E-state index contributed by atoms with van der Waals surface area (Å²) in [6, 6.07) is 14.5. The van der Waals surface area contributed by atoms with Gasteiger partial charge in [0.25, 0.3) is 0 Å². The van der Waals surface area contributed by atoms with E-state index in [9.17, 15) is 9.59 Å². The van der Waals surface area contributed by atoms with Gasteiger partial charge in [0.1, 0.15) is 5.75 Å². The Morgan fingerprint density at radius 3 is 2.61 bits per heavy atom. The van der Waals surface area contributed by atoms with Crippen molar-refractivity contribution in [1.29, 1.82) is 0 Å². The number of carbonyl (C=O) groups is 1. The van der Waals surface area contributed by atoms with Gasteiger partial charge in [-0.05, 0) is 36.2 Å². The molecular formula is C18H17NO4. The molecule has 0 aliphatic heterocycles. The molecule has 0 amide bonds. The van der Waals surface area contributed by atoms with E-state index >= 15 is 0 Å². The molecule has 0 bridgehead atoms. The predicted octanol–water partition coefficient (Wildman–Crippen LogP) is 3.15. The third-order valence-corrected chi connectivity index (χ3v) is 3.68. The Bertz CT molecular complexity index is 874. The van der Waals surface area contributed by atoms with Crippen LogP contribution in [0.3, 0.4) is 0 Å². The molecule has 3 aromatic rings. The zero-order valence-electron chi connectivity index (χ0n) is 12.8. The molecule has 118 valence electrons. The average molecular weight is 311 g/mol. The summed E-state index contributed by atoms with van der Waals surface area (Å²) in [4.78, 5) is 23.8. The maximum Gasteiger partial charge on any atom is 0.419 e. The number of esters is 1. The fourth-order valence-corrected chi connectivity index (χ4v) is 2.40. The molecule has 0 radical (unpaired) electrons. The lowest BCUT2D eigenvalue weighted by Crippen LogP contribution is -2.18.